The number of aliphatic hydroxyl groups is 1. The monoisotopic (exact) mass is 1790 g/mol. The zero-order valence-corrected chi connectivity index (χ0v) is 81.5. The number of likely N-dealkylation sites (tertiary alicyclic amines) is 10. The van der Waals surface area contributed by atoms with Gasteiger partial charge in [-0.15, -0.1) is 0 Å². The second-order valence-electron chi connectivity index (χ2n) is 36.2. The van der Waals surface area contributed by atoms with Crippen LogP contribution in [0.2, 0.25) is 0 Å². The first-order valence-corrected chi connectivity index (χ1v) is 45.9. The molecule has 125 heavy (non-hydrogen) atoms. The Morgan fingerprint density at radius 2 is 0.912 bits per heavy atom. The maximum absolute atomic E-state index is 11.3. The third kappa shape index (κ3) is 40.6. The number of carbonyl (C=O) groups is 13. The topological polar surface area (TPSA) is 362 Å². The zero-order valence-electron chi connectivity index (χ0n) is 80.7. The van der Waals surface area contributed by atoms with Crippen LogP contribution in [0.25, 0.3) is 0 Å². The molecule has 13 amide bonds. The molecule has 15 rings (SSSR count). The molecule has 14 saturated heterocycles. The molecule has 0 aliphatic carbocycles. The molecular formula is C89H159N15O20S. The van der Waals surface area contributed by atoms with Crippen molar-refractivity contribution in [2.75, 3.05) is 198 Å². The van der Waals surface area contributed by atoms with Gasteiger partial charge in [0.05, 0.1) is 43.6 Å². The molecule has 14 heterocycles. The van der Waals surface area contributed by atoms with Crippen LogP contribution in [-0.4, -0.2) is 416 Å². The SMILES string of the molecule is CC(C)C[C@H]1CCC(=O)N1C.CC[C@H]1CCC(=O)N1C.CN(C)C[C@H]1CCC(=O)N1C.CN1C(=O)CC[C@@H]1Cc1ccccc1.CN1C(=O)OC[C@@H]1CO.CN1CC(C)(C)OC1=O.CN1CCC1=O.CN1CCCC1=O.CN1CCCS1(=O)=O.COC[C@H]1CCC(=O)N1C.C[C@@H]1CC(=O)N(C)C1.C[C@H]1CC(=O)N(C)C1.C[C@H]1CC(=O)N1C.C[C@H]1COC(=O)N1C. The predicted molar refractivity (Wildman–Crippen MR) is 481 cm³/mol. The van der Waals surface area contributed by atoms with Crippen molar-refractivity contribution in [3.8, 4) is 0 Å². The van der Waals surface area contributed by atoms with E-state index in [0.29, 0.717) is 123 Å². The zero-order chi connectivity index (χ0) is 95.1. The summed E-state index contributed by atoms with van der Waals surface area (Å²) in [5.41, 5.74) is 1.03. The molecule has 14 aliphatic rings. The first kappa shape index (κ1) is 113. The van der Waals surface area contributed by atoms with Crippen LogP contribution in [0.5, 0.6) is 0 Å². The van der Waals surface area contributed by atoms with Gasteiger partial charge in [0, 0.05) is 239 Å². The van der Waals surface area contributed by atoms with Crippen molar-refractivity contribution in [1.29, 1.82) is 0 Å². The van der Waals surface area contributed by atoms with Crippen LogP contribution in [0.1, 0.15) is 190 Å². The van der Waals surface area contributed by atoms with Gasteiger partial charge in [-0.3, -0.25) is 47.9 Å². The number of methoxy groups -OCH3 is 1. The molecule has 0 saturated carbocycles. The molecule has 0 radical (unpaired) electrons. The van der Waals surface area contributed by atoms with Gasteiger partial charge in [-0.25, -0.2) is 27.1 Å². The van der Waals surface area contributed by atoms with Crippen molar-refractivity contribution in [1.82, 2.24) is 72.9 Å². The smallest absolute Gasteiger partial charge is 0.410 e. The summed E-state index contributed by atoms with van der Waals surface area (Å²) in [6, 6.07) is 13.2. The van der Waals surface area contributed by atoms with Gasteiger partial charge in [0.1, 0.15) is 18.8 Å². The highest BCUT2D eigenvalue weighted by molar-refractivity contribution is 7.89. The highest BCUT2D eigenvalue weighted by Gasteiger charge is 2.37. The Kier molecular flexibility index (Phi) is 50.4. The van der Waals surface area contributed by atoms with Crippen molar-refractivity contribution < 1.29 is 94.8 Å². The van der Waals surface area contributed by atoms with E-state index in [1.165, 1.54) is 14.8 Å². The first-order chi connectivity index (χ1) is 58.3. The number of β-lactam (4-membered cyclic amide) rings is 2. The Hall–Kier alpha value is -8.48. The Morgan fingerprint density at radius 1 is 0.464 bits per heavy atom. The molecule has 14 aliphatic heterocycles. The summed E-state index contributed by atoms with van der Waals surface area (Å²) in [5, 5.41) is 8.58. The first-order valence-electron chi connectivity index (χ1n) is 44.3. The third-order valence-corrected chi connectivity index (χ3v) is 26.0. The number of amides is 13. The molecule has 0 bridgehead atoms. The second kappa shape index (κ2) is 56.0. The van der Waals surface area contributed by atoms with E-state index in [2.05, 4.69) is 61.1 Å². The lowest BCUT2D eigenvalue weighted by molar-refractivity contribution is -0.142. The number of benzene rings is 1. The minimum atomic E-state index is -2.79. The molecule has 35 nitrogen and oxygen atoms in total. The summed E-state index contributed by atoms with van der Waals surface area (Å²) in [4.78, 5) is 164. The lowest BCUT2D eigenvalue weighted by Gasteiger charge is -2.34. The van der Waals surface area contributed by atoms with E-state index < -0.39 is 10.0 Å². The lowest BCUT2D eigenvalue weighted by atomic mass is 10.0. The lowest BCUT2D eigenvalue weighted by Crippen LogP contribution is -2.47. The van der Waals surface area contributed by atoms with E-state index in [4.69, 9.17) is 14.6 Å². The number of hydrogen-bond acceptors (Lipinski definition) is 21. The molecule has 0 spiro atoms. The maximum Gasteiger partial charge on any atom is 0.410 e. The van der Waals surface area contributed by atoms with Crippen molar-refractivity contribution in [2.24, 2.45) is 17.8 Å². The molecule has 0 unspecified atom stereocenters. The van der Waals surface area contributed by atoms with Gasteiger partial charge in [0.15, 0.2) is 0 Å². The molecule has 1 N–H and O–H groups in total. The van der Waals surface area contributed by atoms with Crippen LogP contribution in [0.3, 0.4) is 0 Å². The van der Waals surface area contributed by atoms with E-state index in [1.807, 2.05) is 150 Å². The largest absolute Gasteiger partial charge is 0.447 e. The fraction of sp³-hybridized carbons (Fsp3) is 0.787. The fourth-order valence-electron chi connectivity index (χ4n) is 14.9. The summed E-state index contributed by atoms with van der Waals surface area (Å²) in [7, 11) is 28.3. The molecule has 10 atom stereocenters. The van der Waals surface area contributed by atoms with Gasteiger partial charge in [0.2, 0.25) is 69.1 Å². The molecule has 716 valence electrons. The molecule has 1 aromatic rings. The number of carbonyl (C=O) groups excluding carboxylic acids is 13. The Balaban J connectivity index is 0.000000458. The van der Waals surface area contributed by atoms with E-state index in [0.717, 1.165) is 148 Å². The predicted octanol–water partition coefficient (Wildman–Crippen LogP) is 6.62. The molecule has 14 fully saturated rings. The molecule has 1 aromatic carbocycles. The number of hydrogen-bond donors (Lipinski definition) is 1. The van der Waals surface area contributed by atoms with Gasteiger partial charge in [0.25, 0.3) is 0 Å². The average Bonchev–Trinajstić information content (AvgIpc) is 1.70. The van der Waals surface area contributed by atoms with Crippen molar-refractivity contribution in [2.45, 2.75) is 245 Å². The number of ether oxygens (including phenoxy) is 4. The van der Waals surface area contributed by atoms with Crippen LogP contribution in [0.4, 0.5) is 14.4 Å². The fourth-order valence-corrected chi connectivity index (χ4v) is 16.1. The van der Waals surface area contributed by atoms with E-state index in [-0.39, 0.29) is 83.9 Å². The molecule has 0 aromatic heterocycles. The van der Waals surface area contributed by atoms with Gasteiger partial charge < -0.3 is 92.7 Å². The van der Waals surface area contributed by atoms with Crippen LogP contribution in [-0.2, 0) is 83.3 Å². The third-order valence-electron chi connectivity index (χ3n) is 24.1. The summed E-state index contributed by atoms with van der Waals surface area (Å²) in [6.45, 7) is 26.2. The van der Waals surface area contributed by atoms with Crippen molar-refractivity contribution in [3.63, 3.8) is 0 Å². The standard InChI is InChI=1S/C12H15NO.C9H17NO.C8H16N2O.C7H13NO2.C7H13NO.C6H11NO2.2C6H11NO.C5H9NO3.C5H9NO2.2C5H9NO.C4H9NO2S.C4H7NO/c1-13-11(7-8-12(13)14)9-10-5-3-2-4-6-10;1-7(2)6-8-4-5-9(11)10(8)3;1-9(2)6-7-4-5-8(11)10(7)3;1-8-6(5-10-2)3-4-7(8)9;1-3-6-4-5-7(9)8(6)2;1-6(2)4-7(3)5(8)9-6;2*1-5-3-6(8)7(2)4-5;1-6-4(2-7)3-9-5(6)8;1-4-3-8-5(7)6(4)2;1-4-3-5(7)6(4)2;1-6-4-2-3-5(6)7;1-5-3-2-4-8(5,6)7;1-5-3-2-4(5)6/h2-6,11H,7-9H2,1H3;7-8H,4-6H2,1-3H3;7H,4-6H2,1-3H3;6H,3-5H2,1-2H3;6H,3-5H2,1-2H3;4H2,1-3H3;2*5H,3-4H2,1-2H3;4,7H,2-3H2,1H3;4H,3H2,1-2H3;4H,3H2,1-2H3;2-4H2,1H3;2-4H2,1H3;2-3H2,1H3/t11-;8-;7-;2*6-;;2*5-;3*4-;;;/m11110.10000.../s1. The van der Waals surface area contributed by atoms with Gasteiger partial charge in [-0.2, -0.15) is 0 Å². The summed E-state index contributed by atoms with van der Waals surface area (Å²) in [6.07, 6.45) is 16.8. The van der Waals surface area contributed by atoms with Gasteiger partial charge in [-0.05, 0) is 129 Å². The number of rotatable bonds is 10. The van der Waals surface area contributed by atoms with Gasteiger partial charge >= 0.3 is 18.3 Å². The van der Waals surface area contributed by atoms with Crippen LogP contribution in [0.15, 0.2) is 30.3 Å². The molecular weight excluding hydrogens is 1630 g/mol. The Morgan fingerprint density at radius 3 is 1.11 bits per heavy atom. The van der Waals surface area contributed by atoms with Crippen LogP contribution < -0.4 is 0 Å². The van der Waals surface area contributed by atoms with E-state index in [1.54, 1.807) is 74.5 Å². The van der Waals surface area contributed by atoms with E-state index in [9.17, 15) is 70.7 Å². The summed E-state index contributed by atoms with van der Waals surface area (Å²) >= 11 is 0. The summed E-state index contributed by atoms with van der Waals surface area (Å²) < 4.78 is 41.9. The van der Waals surface area contributed by atoms with Crippen molar-refractivity contribution >= 4 is 87.4 Å². The van der Waals surface area contributed by atoms with Crippen LogP contribution >= 0.6 is 0 Å². The van der Waals surface area contributed by atoms with E-state index >= 15 is 0 Å². The number of sulfonamides is 1. The average molecular weight is 1790 g/mol. The number of cyclic esters (lactones) is 3. The number of likely N-dealkylation sites (N-methyl/N-ethyl adjacent to an activating group) is 7. The maximum atomic E-state index is 11.3. The quantitative estimate of drug-likeness (QED) is 0.190. The minimum Gasteiger partial charge on any atom is -0.447 e. The number of aliphatic hydroxyl groups excluding tert-OH is 1. The highest BCUT2D eigenvalue weighted by Crippen LogP contribution is 2.26. The van der Waals surface area contributed by atoms with Crippen LogP contribution in [0, 0.1) is 17.8 Å². The Bertz CT molecular complexity index is 3580. The number of nitrogens with zero attached hydrogens (tertiary/aromatic N) is 15. The molecule has 36 heteroatoms. The minimum absolute atomic E-state index is 0.0256. The second-order valence-corrected chi connectivity index (χ2v) is 38.4. The van der Waals surface area contributed by atoms with Gasteiger partial charge in [-0.1, -0.05) is 65.0 Å². The summed E-state index contributed by atoms with van der Waals surface area (Å²) in [5.74, 6) is 5.04. The normalized spacial score (nSPS) is 25.9. The highest BCUT2D eigenvalue weighted by atomic mass is 32.2. The Labute approximate surface area is 747 Å². The van der Waals surface area contributed by atoms with Crippen molar-refractivity contribution in [3.05, 3.63) is 35.9 Å².